The summed E-state index contributed by atoms with van der Waals surface area (Å²) < 4.78 is 25.1. The summed E-state index contributed by atoms with van der Waals surface area (Å²) in [6.07, 6.45) is 0.388. The summed E-state index contributed by atoms with van der Waals surface area (Å²) in [5.74, 6) is -1.23. The van der Waals surface area contributed by atoms with Crippen molar-refractivity contribution in [3.05, 3.63) is 35.1 Å². The van der Waals surface area contributed by atoms with Gasteiger partial charge >= 0.3 is 12.1 Å². The van der Waals surface area contributed by atoms with E-state index in [2.05, 4.69) is 15.4 Å². The van der Waals surface area contributed by atoms with Crippen molar-refractivity contribution in [3.8, 4) is 0 Å². The van der Waals surface area contributed by atoms with E-state index in [4.69, 9.17) is 9.47 Å². The van der Waals surface area contributed by atoms with Crippen molar-refractivity contribution in [1.82, 2.24) is 10.3 Å². The number of benzene rings is 1. The number of hydrogen-bond donors (Lipinski definition) is 1. The molecule has 34 heavy (non-hydrogen) atoms. The highest BCUT2D eigenvalue weighted by Crippen LogP contribution is 2.29. The molecule has 3 heterocycles. The lowest BCUT2D eigenvalue weighted by Gasteiger charge is -2.29. The number of aromatic nitrogens is 1. The van der Waals surface area contributed by atoms with E-state index < -0.39 is 24.0 Å². The minimum atomic E-state index is -0.594. The smallest absolute Gasteiger partial charge is 0.414 e. The largest absolute Gasteiger partial charge is 0.461 e. The van der Waals surface area contributed by atoms with Gasteiger partial charge in [0, 0.05) is 18.8 Å². The van der Waals surface area contributed by atoms with Gasteiger partial charge in [-0.15, -0.1) is 11.3 Å². The Labute approximate surface area is 198 Å². The Morgan fingerprint density at radius 3 is 2.85 bits per heavy atom. The zero-order valence-corrected chi connectivity index (χ0v) is 19.4. The van der Waals surface area contributed by atoms with E-state index in [1.165, 1.54) is 35.6 Å². The molecule has 1 fully saturated rings. The summed E-state index contributed by atoms with van der Waals surface area (Å²) >= 11 is 1.27. The molecule has 1 aromatic heterocycles. The first kappa shape index (κ1) is 23.4. The van der Waals surface area contributed by atoms with Crippen LogP contribution in [0.3, 0.4) is 0 Å². The van der Waals surface area contributed by atoms with E-state index in [0.717, 1.165) is 0 Å². The average Bonchev–Trinajstić information content (AvgIpc) is 3.45. The van der Waals surface area contributed by atoms with E-state index in [1.807, 2.05) is 0 Å². The molecule has 0 saturated carbocycles. The highest BCUT2D eigenvalue weighted by Gasteiger charge is 2.33. The third-order valence-electron chi connectivity index (χ3n) is 5.09. The first-order chi connectivity index (χ1) is 16.4. The molecule has 180 valence electrons. The van der Waals surface area contributed by atoms with Crippen LogP contribution in [0.4, 0.5) is 25.7 Å². The number of nitrogens with zero attached hydrogens (tertiary/aromatic N) is 5. The van der Waals surface area contributed by atoms with Crippen LogP contribution in [0.15, 0.2) is 28.7 Å². The quantitative estimate of drug-likeness (QED) is 0.587. The monoisotopic (exact) mass is 490 g/mol. The highest BCUT2D eigenvalue weighted by atomic mass is 32.1. The number of carbonyl (C=O) groups is 3. The molecule has 11 nitrogen and oxygen atoms in total. The van der Waals surface area contributed by atoms with Gasteiger partial charge < -0.3 is 19.7 Å². The average molecular weight is 491 g/mol. The molecule has 0 bridgehead atoms. The maximum atomic E-state index is 14.9. The first-order valence-corrected chi connectivity index (χ1v) is 11.5. The Bertz CT molecular complexity index is 1120. The lowest BCUT2D eigenvalue weighted by molar-refractivity contribution is -0.119. The van der Waals surface area contributed by atoms with Crippen LogP contribution in [0, 0.1) is 5.82 Å². The summed E-state index contributed by atoms with van der Waals surface area (Å²) in [7, 11) is 0. The van der Waals surface area contributed by atoms with Gasteiger partial charge in [0.1, 0.15) is 18.3 Å². The number of rotatable bonds is 7. The van der Waals surface area contributed by atoms with Crippen LogP contribution >= 0.6 is 11.3 Å². The maximum absolute atomic E-state index is 14.9. The number of hydrogen-bond acceptors (Lipinski definition) is 10. The molecule has 2 aliphatic heterocycles. The van der Waals surface area contributed by atoms with Crippen LogP contribution in [0.2, 0.25) is 0 Å². The minimum absolute atomic E-state index is 0.194. The maximum Gasteiger partial charge on any atom is 0.414 e. The Kier molecular flexibility index (Phi) is 6.91. The van der Waals surface area contributed by atoms with Crippen LogP contribution in [0.1, 0.15) is 24.3 Å². The van der Waals surface area contributed by atoms with Crippen molar-refractivity contribution < 1.29 is 28.2 Å². The van der Waals surface area contributed by atoms with Gasteiger partial charge in [-0.3, -0.25) is 9.69 Å². The molecule has 0 aliphatic carbocycles. The lowest BCUT2D eigenvalue weighted by atomic mass is 10.2. The highest BCUT2D eigenvalue weighted by molar-refractivity contribution is 7.13. The molecule has 0 radical (unpaired) electrons. The summed E-state index contributed by atoms with van der Waals surface area (Å²) in [6.45, 7) is 4.63. The minimum Gasteiger partial charge on any atom is -0.461 e. The molecule has 2 aliphatic rings. The molecule has 1 atom stereocenters. The molecule has 2 aromatic rings. The molecular weight excluding hydrogens is 467 g/mol. The first-order valence-electron chi connectivity index (χ1n) is 10.6. The van der Waals surface area contributed by atoms with Gasteiger partial charge in [0.05, 0.1) is 37.6 Å². The standard InChI is InChI=1S/C21H23FN6O5S/c1-3-32-19(30)17-11-34-20(25-17)28-7-6-26(12-24-28)18-5-4-14(8-16(18)22)27-10-15(33-21(27)31)9-23-13(2)29/h4-5,8,11-12,15H,3,6-7,9-10H2,1-2H3,(H,23,29)/t15-/m0/s1. The van der Waals surface area contributed by atoms with Crippen molar-refractivity contribution >= 4 is 52.2 Å². The van der Waals surface area contributed by atoms with Gasteiger partial charge in [0.25, 0.3) is 0 Å². The summed E-state index contributed by atoms with van der Waals surface area (Å²) in [6, 6.07) is 4.47. The van der Waals surface area contributed by atoms with Gasteiger partial charge in [-0.25, -0.2) is 24.0 Å². The molecule has 0 unspecified atom stereocenters. The van der Waals surface area contributed by atoms with Crippen LogP contribution in [-0.4, -0.2) is 68.2 Å². The fourth-order valence-electron chi connectivity index (χ4n) is 3.44. The van der Waals surface area contributed by atoms with Gasteiger partial charge in [-0.2, -0.15) is 5.10 Å². The second kappa shape index (κ2) is 10.0. The normalized spacial score (nSPS) is 17.7. The third-order valence-corrected chi connectivity index (χ3v) is 5.94. The van der Waals surface area contributed by atoms with E-state index in [-0.39, 0.29) is 31.3 Å². The van der Waals surface area contributed by atoms with E-state index in [9.17, 15) is 18.8 Å². The Morgan fingerprint density at radius 2 is 2.18 bits per heavy atom. The van der Waals surface area contributed by atoms with Gasteiger partial charge in [0.2, 0.25) is 11.0 Å². The summed E-state index contributed by atoms with van der Waals surface area (Å²) in [4.78, 5) is 42.3. The molecule has 2 amide bonds. The molecule has 0 spiro atoms. The Hall–Kier alpha value is -3.74. The van der Waals surface area contributed by atoms with Crippen molar-refractivity contribution in [2.75, 3.05) is 47.6 Å². The van der Waals surface area contributed by atoms with Crippen molar-refractivity contribution in [2.24, 2.45) is 5.10 Å². The topological polar surface area (TPSA) is 117 Å². The SMILES string of the molecule is CCOC(=O)c1csc(N2CCN(c3ccc(N4C[C@H](CNC(C)=O)OC4=O)cc3F)C=N2)n1. The molecule has 1 N–H and O–H groups in total. The summed E-state index contributed by atoms with van der Waals surface area (Å²) in [5, 5.41) is 10.7. The van der Waals surface area contributed by atoms with E-state index in [0.29, 0.717) is 29.6 Å². The number of anilines is 3. The third kappa shape index (κ3) is 5.09. The predicted molar refractivity (Wildman–Crippen MR) is 124 cm³/mol. The number of carbonyl (C=O) groups excluding carboxylic acids is 3. The fraction of sp³-hybridized carbons (Fsp3) is 0.381. The number of halogens is 1. The van der Waals surface area contributed by atoms with Crippen LogP contribution in [-0.2, 0) is 14.3 Å². The zero-order valence-electron chi connectivity index (χ0n) is 18.6. The van der Waals surface area contributed by atoms with Crippen LogP contribution < -0.4 is 20.1 Å². The Morgan fingerprint density at radius 1 is 1.35 bits per heavy atom. The number of thiazole rings is 1. The number of amides is 2. The van der Waals surface area contributed by atoms with Crippen molar-refractivity contribution in [1.29, 1.82) is 0 Å². The van der Waals surface area contributed by atoms with Gasteiger partial charge in [0.15, 0.2) is 5.69 Å². The van der Waals surface area contributed by atoms with Gasteiger partial charge in [-0.1, -0.05) is 0 Å². The van der Waals surface area contributed by atoms with Crippen molar-refractivity contribution in [3.63, 3.8) is 0 Å². The lowest BCUT2D eigenvalue weighted by Crippen LogP contribution is -2.38. The van der Waals surface area contributed by atoms with E-state index >= 15 is 0 Å². The number of cyclic esters (lactones) is 1. The number of hydrazone groups is 1. The number of ether oxygens (including phenoxy) is 2. The molecule has 1 aromatic carbocycles. The molecule has 4 rings (SSSR count). The summed E-state index contributed by atoms with van der Waals surface area (Å²) in [5.41, 5.74) is 0.892. The van der Waals surface area contributed by atoms with E-state index in [1.54, 1.807) is 34.3 Å². The van der Waals surface area contributed by atoms with Crippen LogP contribution in [0.25, 0.3) is 0 Å². The molecule has 1 saturated heterocycles. The van der Waals surface area contributed by atoms with Gasteiger partial charge in [-0.05, 0) is 25.1 Å². The second-order valence-electron chi connectivity index (χ2n) is 7.47. The number of esters is 1. The predicted octanol–water partition coefficient (Wildman–Crippen LogP) is 2.19. The van der Waals surface area contributed by atoms with Crippen molar-refractivity contribution in [2.45, 2.75) is 20.0 Å². The number of nitrogens with one attached hydrogen (secondary N) is 1. The van der Waals surface area contributed by atoms with Crippen LogP contribution in [0.5, 0.6) is 0 Å². The Balaban J connectivity index is 1.41. The zero-order chi connectivity index (χ0) is 24.2. The molecule has 13 heteroatoms. The molecular formula is C21H23FN6O5S. The second-order valence-corrected chi connectivity index (χ2v) is 8.31. The fourth-order valence-corrected chi connectivity index (χ4v) is 4.22.